The van der Waals surface area contributed by atoms with Gasteiger partial charge in [-0.3, -0.25) is 4.98 Å². The summed E-state index contributed by atoms with van der Waals surface area (Å²) in [5, 5.41) is 3.30. The number of aryl methyl sites for hydroxylation is 1. The van der Waals surface area contributed by atoms with E-state index in [2.05, 4.69) is 24.1 Å². The summed E-state index contributed by atoms with van der Waals surface area (Å²) in [7, 11) is 3.41. The number of pyridine rings is 1. The minimum absolute atomic E-state index is 0.172. The third-order valence-electron chi connectivity index (χ3n) is 3.36. The summed E-state index contributed by atoms with van der Waals surface area (Å²) in [6, 6.07) is 3.95. The number of nitrogens with one attached hydrogen (secondary N) is 1. The molecule has 0 aliphatic heterocycles. The zero-order chi connectivity index (χ0) is 15.7. The Morgan fingerprint density at radius 3 is 2.62 bits per heavy atom. The average molecular weight is 296 g/mol. The molecule has 120 valence electrons. The zero-order valence-electron chi connectivity index (χ0n) is 13.9. The van der Waals surface area contributed by atoms with E-state index in [-0.39, 0.29) is 5.60 Å². The molecule has 0 amide bonds. The highest BCUT2D eigenvalue weighted by atomic mass is 16.5. The first-order valence-electron chi connectivity index (χ1n) is 7.32. The molecule has 0 spiro atoms. The van der Waals surface area contributed by atoms with Crippen LogP contribution in [0.2, 0.25) is 0 Å². The molecule has 1 aromatic heterocycles. The van der Waals surface area contributed by atoms with Crippen LogP contribution in [-0.2, 0) is 16.0 Å². The van der Waals surface area contributed by atoms with Crippen molar-refractivity contribution in [3.05, 3.63) is 23.5 Å². The lowest BCUT2D eigenvalue weighted by Gasteiger charge is -2.23. The summed E-state index contributed by atoms with van der Waals surface area (Å²) in [5.41, 5.74) is 1.75. The van der Waals surface area contributed by atoms with Crippen LogP contribution in [0.1, 0.15) is 31.7 Å². The van der Waals surface area contributed by atoms with Gasteiger partial charge in [-0.15, -0.1) is 0 Å². The highest BCUT2D eigenvalue weighted by Crippen LogP contribution is 2.19. The fourth-order valence-electron chi connectivity index (χ4n) is 1.75. The topological polar surface area (TPSA) is 52.6 Å². The summed E-state index contributed by atoms with van der Waals surface area (Å²) in [5.74, 6) is 0.831. The van der Waals surface area contributed by atoms with Gasteiger partial charge in [0.25, 0.3) is 0 Å². The van der Waals surface area contributed by atoms with Crippen LogP contribution in [0.5, 0.6) is 5.75 Å². The summed E-state index contributed by atoms with van der Waals surface area (Å²) >= 11 is 0. The van der Waals surface area contributed by atoms with Gasteiger partial charge >= 0.3 is 0 Å². The number of hydrogen-bond acceptors (Lipinski definition) is 5. The second kappa shape index (κ2) is 8.97. The lowest BCUT2D eigenvalue weighted by molar-refractivity contribution is 0.00532. The van der Waals surface area contributed by atoms with E-state index in [1.165, 1.54) is 0 Å². The van der Waals surface area contributed by atoms with Crippen molar-refractivity contribution in [2.45, 2.75) is 39.3 Å². The van der Waals surface area contributed by atoms with E-state index in [1.54, 1.807) is 14.2 Å². The number of methoxy groups -OCH3 is 2. The van der Waals surface area contributed by atoms with Gasteiger partial charge in [0.05, 0.1) is 24.5 Å². The quantitative estimate of drug-likeness (QED) is 0.672. The fourth-order valence-corrected chi connectivity index (χ4v) is 1.75. The molecule has 1 rings (SSSR count). The van der Waals surface area contributed by atoms with Crippen molar-refractivity contribution in [3.63, 3.8) is 0 Å². The average Bonchev–Trinajstić information content (AvgIpc) is 2.45. The first-order valence-corrected chi connectivity index (χ1v) is 7.32. The highest BCUT2D eigenvalue weighted by Gasteiger charge is 2.16. The molecule has 5 heteroatoms. The lowest BCUT2D eigenvalue weighted by Crippen LogP contribution is -2.25. The van der Waals surface area contributed by atoms with Crippen molar-refractivity contribution in [1.29, 1.82) is 0 Å². The molecule has 5 nitrogen and oxygen atoms in total. The van der Waals surface area contributed by atoms with Gasteiger partial charge in [-0.2, -0.15) is 0 Å². The number of ether oxygens (including phenoxy) is 3. The maximum absolute atomic E-state index is 5.87. The van der Waals surface area contributed by atoms with E-state index in [4.69, 9.17) is 14.2 Å². The van der Waals surface area contributed by atoms with Crippen LogP contribution < -0.4 is 10.1 Å². The molecule has 0 saturated heterocycles. The summed E-state index contributed by atoms with van der Waals surface area (Å²) < 4.78 is 16.3. The Kier molecular flexibility index (Phi) is 7.64. The van der Waals surface area contributed by atoms with E-state index in [0.29, 0.717) is 19.8 Å². The standard InChI is InChI=1S/C16H28N2O3/c1-13-6-7-15(21-10-8-16(2,3)20-5)14(18-13)12-17-9-11-19-4/h6-7,17H,8-12H2,1-5H3. The van der Waals surface area contributed by atoms with Gasteiger partial charge < -0.3 is 19.5 Å². The van der Waals surface area contributed by atoms with Gasteiger partial charge in [0.1, 0.15) is 5.75 Å². The molecule has 0 saturated carbocycles. The number of hydrogen-bond donors (Lipinski definition) is 1. The normalized spacial score (nSPS) is 11.7. The Labute approximate surface area is 128 Å². The Morgan fingerprint density at radius 1 is 1.19 bits per heavy atom. The molecule has 0 radical (unpaired) electrons. The first kappa shape index (κ1) is 17.9. The van der Waals surface area contributed by atoms with Crippen LogP contribution in [0, 0.1) is 6.92 Å². The van der Waals surface area contributed by atoms with Crippen LogP contribution >= 0.6 is 0 Å². The van der Waals surface area contributed by atoms with Crippen LogP contribution in [-0.4, -0.2) is 44.6 Å². The predicted octanol–water partition coefficient (Wildman–Crippen LogP) is 2.32. The Hall–Kier alpha value is -1.17. The third kappa shape index (κ3) is 6.89. The van der Waals surface area contributed by atoms with Crippen molar-refractivity contribution < 1.29 is 14.2 Å². The molecule has 1 N–H and O–H groups in total. The Balaban J connectivity index is 2.55. The Bertz CT molecular complexity index is 422. The third-order valence-corrected chi connectivity index (χ3v) is 3.36. The molecule has 0 unspecified atom stereocenters. The molecule has 0 atom stereocenters. The molecule has 0 bridgehead atoms. The maximum Gasteiger partial charge on any atom is 0.142 e. The molecule has 0 fully saturated rings. The molecule has 1 heterocycles. The van der Waals surface area contributed by atoms with Crippen molar-refractivity contribution >= 4 is 0 Å². The molecule has 21 heavy (non-hydrogen) atoms. The molecular weight excluding hydrogens is 268 g/mol. The molecular formula is C16H28N2O3. The van der Waals surface area contributed by atoms with Crippen molar-refractivity contribution in [2.24, 2.45) is 0 Å². The van der Waals surface area contributed by atoms with Gasteiger partial charge in [0.15, 0.2) is 0 Å². The van der Waals surface area contributed by atoms with E-state index in [1.807, 2.05) is 19.1 Å². The van der Waals surface area contributed by atoms with Crippen LogP contribution in [0.15, 0.2) is 12.1 Å². The van der Waals surface area contributed by atoms with Crippen LogP contribution in [0.3, 0.4) is 0 Å². The smallest absolute Gasteiger partial charge is 0.142 e. The van der Waals surface area contributed by atoms with Gasteiger partial charge in [0.2, 0.25) is 0 Å². The monoisotopic (exact) mass is 296 g/mol. The number of rotatable bonds is 10. The van der Waals surface area contributed by atoms with Crippen molar-refractivity contribution in [1.82, 2.24) is 10.3 Å². The maximum atomic E-state index is 5.87. The molecule has 0 aliphatic carbocycles. The minimum Gasteiger partial charge on any atom is -0.492 e. The highest BCUT2D eigenvalue weighted by molar-refractivity contribution is 5.29. The van der Waals surface area contributed by atoms with E-state index < -0.39 is 0 Å². The van der Waals surface area contributed by atoms with E-state index in [0.717, 1.165) is 30.1 Å². The fraction of sp³-hybridized carbons (Fsp3) is 0.688. The summed E-state index contributed by atoms with van der Waals surface area (Å²) in [6.45, 7) is 8.85. The molecule has 1 aromatic rings. The van der Waals surface area contributed by atoms with Crippen LogP contribution in [0.4, 0.5) is 0 Å². The predicted molar refractivity (Wildman–Crippen MR) is 83.8 cm³/mol. The Morgan fingerprint density at radius 2 is 1.95 bits per heavy atom. The van der Waals surface area contributed by atoms with Gasteiger partial charge in [-0.25, -0.2) is 0 Å². The van der Waals surface area contributed by atoms with Gasteiger partial charge in [-0.1, -0.05) is 0 Å². The second-order valence-corrected chi connectivity index (χ2v) is 5.63. The lowest BCUT2D eigenvalue weighted by atomic mass is 10.1. The number of aromatic nitrogens is 1. The number of nitrogens with zero attached hydrogens (tertiary/aromatic N) is 1. The largest absolute Gasteiger partial charge is 0.492 e. The van der Waals surface area contributed by atoms with Gasteiger partial charge in [-0.05, 0) is 32.9 Å². The summed E-state index contributed by atoms with van der Waals surface area (Å²) in [6.07, 6.45) is 0.827. The minimum atomic E-state index is -0.172. The van der Waals surface area contributed by atoms with Crippen molar-refractivity contribution in [3.8, 4) is 5.75 Å². The van der Waals surface area contributed by atoms with Crippen molar-refractivity contribution in [2.75, 3.05) is 34.0 Å². The van der Waals surface area contributed by atoms with E-state index in [9.17, 15) is 0 Å². The van der Waals surface area contributed by atoms with Gasteiger partial charge in [0, 0.05) is 39.4 Å². The SMILES string of the molecule is COCCNCc1nc(C)ccc1OCCC(C)(C)OC. The zero-order valence-corrected chi connectivity index (χ0v) is 13.9. The molecule has 0 aliphatic rings. The second-order valence-electron chi connectivity index (χ2n) is 5.63. The van der Waals surface area contributed by atoms with Crippen LogP contribution in [0.25, 0.3) is 0 Å². The molecule has 0 aromatic carbocycles. The first-order chi connectivity index (χ1) is 9.98. The summed E-state index contributed by atoms with van der Waals surface area (Å²) in [4.78, 5) is 4.55. The van der Waals surface area contributed by atoms with E-state index >= 15 is 0 Å².